The number of benzene rings is 4. The number of aromatic nitrogens is 2. The van der Waals surface area contributed by atoms with E-state index >= 15 is 35.1 Å². The molecule has 62 heavy (non-hydrogen) atoms. The van der Waals surface area contributed by atoms with Gasteiger partial charge in [-0.15, -0.1) is 21.9 Å². The SMILES string of the molecule is Fc1c(F)c(F)c([B-](c2c(F)c(F)c(F)c(F)c2F)(c2c(F)c(F)c(F)c(F)c2F)c2c(F)c(F)c(F)c(F)c2F)c(F)c1F.c1ccc2cc(O[n+]3ccncc3)cc-2cc1. The number of rotatable bonds is 6. The predicted molar refractivity (Wildman–Crippen MR) is 173 cm³/mol. The molecule has 0 amide bonds. The fourth-order valence-corrected chi connectivity index (χ4v) is 6.60. The second-order valence-electron chi connectivity index (χ2n) is 12.5. The molecule has 4 aromatic carbocycles. The van der Waals surface area contributed by atoms with Gasteiger partial charge in [0.15, 0.2) is 69.8 Å². The van der Waals surface area contributed by atoms with Crippen molar-refractivity contribution >= 4 is 28.0 Å². The van der Waals surface area contributed by atoms with Crippen molar-refractivity contribution in [1.82, 2.24) is 4.98 Å². The van der Waals surface area contributed by atoms with Crippen LogP contribution >= 0.6 is 0 Å². The minimum atomic E-state index is -7.22. The van der Waals surface area contributed by atoms with E-state index in [2.05, 4.69) is 17.1 Å². The van der Waals surface area contributed by atoms with Crippen molar-refractivity contribution in [2.24, 2.45) is 0 Å². The second kappa shape index (κ2) is 16.5. The van der Waals surface area contributed by atoms with Gasteiger partial charge in [0.05, 0.1) is 12.4 Å². The summed E-state index contributed by atoms with van der Waals surface area (Å²) >= 11 is 0. The number of hydrogen-bond donors (Lipinski definition) is 0. The lowest BCUT2D eigenvalue weighted by molar-refractivity contribution is -0.875. The molecule has 0 atom stereocenters. The molecule has 5 aromatic rings. The minimum absolute atomic E-state index is 0.822. The van der Waals surface area contributed by atoms with Crippen molar-refractivity contribution in [3.8, 4) is 16.9 Å². The van der Waals surface area contributed by atoms with Crippen LogP contribution in [0.1, 0.15) is 0 Å². The fraction of sp³-hybridized carbons (Fsp3) is 0. The Kier molecular flexibility index (Phi) is 11.9. The zero-order valence-corrected chi connectivity index (χ0v) is 29.3. The van der Waals surface area contributed by atoms with Gasteiger partial charge in [0.2, 0.25) is 18.1 Å². The third-order valence-corrected chi connectivity index (χ3v) is 9.22. The Morgan fingerprint density at radius 2 is 0.581 bits per heavy atom. The zero-order valence-electron chi connectivity index (χ0n) is 29.3. The largest absolute Gasteiger partial charge is 0.252 e. The summed E-state index contributed by atoms with van der Waals surface area (Å²) in [4.78, 5) is 9.61. The number of fused-ring (bicyclic) bond motifs is 1. The maximum Gasteiger partial charge on any atom is 0.241 e. The summed E-state index contributed by atoms with van der Waals surface area (Å²) in [6, 6.07) is 14.2. The normalized spacial score (nSPS) is 11.5. The lowest BCUT2D eigenvalue weighted by atomic mass is 9.12. The highest BCUT2D eigenvalue weighted by atomic mass is 19.2. The minimum Gasteiger partial charge on any atom is -0.252 e. The Bertz CT molecular complexity index is 2490. The average molecular weight is 902 g/mol. The summed E-state index contributed by atoms with van der Waals surface area (Å²) in [7, 11) is 0. The Hall–Kier alpha value is -6.88. The van der Waals surface area contributed by atoms with Crippen molar-refractivity contribution in [3.05, 3.63) is 184 Å². The monoisotopic (exact) mass is 902 g/mol. The molecular formula is C38H11BF20N2O. The number of nitrogens with zero attached hydrogens (tertiary/aromatic N) is 2. The van der Waals surface area contributed by atoms with E-state index in [-0.39, 0.29) is 0 Å². The molecule has 7 rings (SSSR count). The van der Waals surface area contributed by atoms with Crippen molar-refractivity contribution < 1.29 is 97.4 Å². The molecule has 1 aromatic heterocycles. The quantitative estimate of drug-likeness (QED) is 0.0554. The molecule has 24 heteroatoms. The summed E-state index contributed by atoms with van der Waals surface area (Å²) in [5, 5.41) is 0. The molecule has 0 aliphatic heterocycles. The first-order valence-corrected chi connectivity index (χ1v) is 16.3. The van der Waals surface area contributed by atoms with E-state index in [0.717, 1.165) is 5.75 Å². The summed E-state index contributed by atoms with van der Waals surface area (Å²) in [5.41, 5.74) is -12.0. The van der Waals surface area contributed by atoms with Crippen molar-refractivity contribution in [2.45, 2.75) is 0 Å². The van der Waals surface area contributed by atoms with Gasteiger partial charge in [-0.3, -0.25) is 4.98 Å². The van der Waals surface area contributed by atoms with Crippen molar-refractivity contribution in [3.63, 3.8) is 0 Å². The highest BCUT2D eigenvalue weighted by molar-refractivity contribution is 7.20. The maximum absolute atomic E-state index is 15.4. The maximum atomic E-state index is 15.4. The van der Waals surface area contributed by atoms with Gasteiger partial charge in [0.1, 0.15) is 52.7 Å². The summed E-state index contributed by atoms with van der Waals surface area (Å²) in [6.07, 6.45) is -0.328. The molecule has 322 valence electrons. The molecule has 3 nitrogen and oxygen atoms in total. The van der Waals surface area contributed by atoms with Gasteiger partial charge in [0, 0.05) is 4.73 Å². The van der Waals surface area contributed by atoms with Crippen LogP contribution in [0.25, 0.3) is 11.1 Å². The molecule has 0 N–H and O–H groups in total. The van der Waals surface area contributed by atoms with Crippen LogP contribution in [0, 0.1) is 116 Å². The number of halogens is 20. The van der Waals surface area contributed by atoms with Gasteiger partial charge in [-0.1, -0.05) is 30.3 Å². The van der Waals surface area contributed by atoms with Gasteiger partial charge >= 0.3 is 0 Å². The number of hydrogen-bond acceptors (Lipinski definition) is 2. The first-order chi connectivity index (χ1) is 29.1. The van der Waals surface area contributed by atoms with Gasteiger partial charge in [0.25, 0.3) is 0 Å². The molecule has 0 radical (unpaired) electrons. The molecule has 0 spiro atoms. The first-order valence-electron chi connectivity index (χ1n) is 16.3. The van der Waals surface area contributed by atoms with Crippen LogP contribution in [0.4, 0.5) is 87.8 Å². The van der Waals surface area contributed by atoms with E-state index in [1.54, 1.807) is 29.5 Å². The summed E-state index contributed by atoms with van der Waals surface area (Å²) < 4.78 is 296. The molecule has 2 aliphatic rings. The van der Waals surface area contributed by atoms with Gasteiger partial charge in [-0.05, 0) is 23.3 Å². The van der Waals surface area contributed by atoms with Crippen LogP contribution in [0.2, 0.25) is 0 Å². The van der Waals surface area contributed by atoms with Gasteiger partial charge in [-0.25, -0.2) is 92.6 Å². The smallest absolute Gasteiger partial charge is 0.241 e. The second-order valence-corrected chi connectivity index (χ2v) is 12.5. The highest BCUT2D eigenvalue weighted by Crippen LogP contribution is 2.32. The standard InChI is InChI=1S/C24BF20.C14H11N2O/c26-5-1(6(27)14(35)21(42)13(5)34)25(2-7(28)15(36)22(43)16(37)8(2)29,3-9(30)17(38)23(44)18(39)10(3)31)4-11(32)19(40)24(45)20(41)12(4)33;1-2-4-12-10-14(11-13(12)5-3-1)17-16-8-6-15-7-9-16/h;1-11H/q-1;+1. The molecule has 0 fully saturated rings. The lowest BCUT2D eigenvalue weighted by Gasteiger charge is -2.44. The van der Waals surface area contributed by atoms with E-state index in [9.17, 15) is 52.7 Å². The Labute approximate surface area is 330 Å². The predicted octanol–water partition coefficient (Wildman–Crippen LogP) is 8.16. The molecule has 2 aliphatic carbocycles. The van der Waals surface area contributed by atoms with E-state index in [0.29, 0.717) is 0 Å². The molecular weight excluding hydrogens is 891 g/mol. The van der Waals surface area contributed by atoms with Gasteiger partial charge < -0.3 is 0 Å². The summed E-state index contributed by atoms with van der Waals surface area (Å²) in [5.74, 6) is -70.6. The van der Waals surface area contributed by atoms with E-state index in [1.165, 1.54) is 11.1 Å². The zero-order chi connectivity index (χ0) is 45.9. The van der Waals surface area contributed by atoms with Crippen LogP contribution in [0.3, 0.4) is 0 Å². The van der Waals surface area contributed by atoms with Crippen LogP contribution < -0.4 is 31.4 Å². The van der Waals surface area contributed by atoms with E-state index < -0.39 is 144 Å². The van der Waals surface area contributed by atoms with Crippen molar-refractivity contribution in [1.29, 1.82) is 0 Å². The lowest BCUT2D eigenvalue weighted by Crippen LogP contribution is -2.81. The van der Waals surface area contributed by atoms with Crippen LogP contribution in [-0.4, -0.2) is 11.1 Å². The van der Waals surface area contributed by atoms with Crippen LogP contribution in [-0.2, 0) is 0 Å². The first kappa shape index (κ1) is 44.7. The summed E-state index contributed by atoms with van der Waals surface area (Å²) in [6.45, 7) is 0. The topological polar surface area (TPSA) is 26.0 Å². The molecule has 1 heterocycles. The molecule has 0 bridgehead atoms. The van der Waals surface area contributed by atoms with E-state index in [1.807, 2.05) is 30.3 Å². The highest BCUT2D eigenvalue weighted by Gasteiger charge is 2.52. The third-order valence-electron chi connectivity index (χ3n) is 9.22. The molecule has 0 saturated carbocycles. The van der Waals surface area contributed by atoms with Gasteiger partial charge in [-0.2, -0.15) is 0 Å². The van der Waals surface area contributed by atoms with Crippen molar-refractivity contribution in [2.75, 3.05) is 0 Å². The average Bonchev–Trinajstić information content (AvgIpc) is 3.50. The fourth-order valence-electron chi connectivity index (χ4n) is 6.60. The third kappa shape index (κ3) is 6.85. The van der Waals surface area contributed by atoms with Crippen LogP contribution in [0.15, 0.2) is 67.3 Å². The Balaban J connectivity index is 0.000000311. The van der Waals surface area contributed by atoms with Crippen LogP contribution in [0.5, 0.6) is 5.75 Å². The Morgan fingerprint density at radius 3 is 0.839 bits per heavy atom. The Morgan fingerprint density at radius 1 is 0.339 bits per heavy atom. The molecule has 0 saturated heterocycles. The molecule has 0 unspecified atom stereocenters. The van der Waals surface area contributed by atoms with E-state index in [4.69, 9.17) is 4.84 Å².